The maximum absolute atomic E-state index is 3.56. The Hall–Kier alpha value is -1.56. The van der Waals surface area contributed by atoms with E-state index in [0.29, 0.717) is 0 Å². The van der Waals surface area contributed by atoms with E-state index in [9.17, 15) is 0 Å². The van der Waals surface area contributed by atoms with Crippen LogP contribution >= 0.6 is 0 Å². The van der Waals surface area contributed by atoms with Crippen molar-refractivity contribution in [3.8, 4) is 0 Å². The third-order valence-electron chi connectivity index (χ3n) is 1.92. The van der Waals surface area contributed by atoms with Gasteiger partial charge in [-0.2, -0.15) is 0 Å². The number of hydrogen-bond acceptors (Lipinski definition) is 0. The lowest BCUT2D eigenvalue weighted by molar-refractivity contribution is 0.547. The zero-order valence-corrected chi connectivity index (χ0v) is 11.5. The monoisotopic (exact) mass is 228 g/mol. The van der Waals surface area contributed by atoms with E-state index >= 15 is 0 Å². The van der Waals surface area contributed by atoms with Crippen molar-refractivity contribution in [3.63, 3.8) is 0 Å². The van der Waals surface area contributed by atoms with E-state index in [1.807, 2.05) is 13.0 Å². The molecule has 0 heteroatoms. The van der Waals surface area contributed by atoms with Crippen molar-refractivity contribution < 1.29 is 0 Å². The van der Waals surface area contributed by atoms with Crippen LogP contribution in [0.3, 0.4) is 0 Å². The Morgan fingerprint density at radius 1 is 1.12 bits per heavy atom. The molecular formula is C17H24. The topological polar surface area (TPSA) is 0 Å². The summed E-state index contributed by atoms with van der Waals surface area (Å²) >= 11 is 0. The van der Waals surface area contributed by atoms with Gasteiger partial charge in [0.25, 0.3) is 0 Å². The van der Waals surface area contributed by atoms with Crippen molar-refractivity contribution in [2.24, 2.45) is 5.41 Å². The molecule has 0 aliphatic rings. The van der Waals surface area contributed by atoms with Gasteiger partial charge in [-0.15, -0.1) is 0 Å². The second-order valence-corrected chi connectivity index (χ2v) is 5.16. The summed E-state index contributed by atoms with van der Waals surface area (Å²) in [7, 11) is 0. The molecule has 0 aromatic heterocycles. The van der Waals surface area contributed by atoms with E-state index in [0.717, 1.165) is 5.57 Å². The van der Waals surface area contributed by atoms with Crippen LogP contribution in [0.4, 0.5) is 0 Å². The lowest BCUT2D eigenvalue weighted by Gasteiger charge is -2.10. The lowest BCUT2D eigenvalue weighted by atomic mass is 9.95. The van der Waals surface area contributed by atoms with E-state index in [1.54, 1.807) is 6.08 Å². The molecule has 1 rings (SSSR count). The molecule has 0 fully saturated rings. The first kappa shape index (κ1) is 15.4. The highest BCUT2D eigenvalue weighted by atomic mass is 14.1. The second-order valence-electron chi connectivity index (χ2n) is 5.16. The van der Waals surface area contributed by atoms with E-state index in [2.05, 4.69) is 70.3 Å². The molecule has 0 unspecified atom stereocenters. The normalized spacial score (nSPS) is 10.6. The molecule has 0 nitrogen and oxygen atoms in total. The van der Waals surface area contributed by atoms with Gasteiger partial charge in [-0.3, -0.25) is 0 Å². The van der Waals surface area contributed by atoms with Crippen molar-refractivity contribution in [1.82, 2.24) is 0 Å². The highest BCUT2D eigenvalue weighted by Gasteiger charge is 2.02. The molecule has 0 aliphatic carbocycles. The standard InChI is InChI=1S/C12H16.C5H8/c1-12(2,3)10-9-11-7-5-4-6-8-11;1-4-5(2)3/h4-10H,1-3H3;4H,1-2H2,3H3. The van der Waals surface area contributed by atoms with E-state index in [1.165, 1.54) is 5.56 Å². The fraction of sp³-hybridized carbons (Fsp3) is 0.294. The summed E-state index contributed by atoms with van der Waals surface area (Å²) in [4.78, 5) is 0. The maximum atomic E-state index is 3.56. The summed E-state index contributed by atoms with van der Waals surface area (Å²) in [5.41, 5.74) is 2.56. The number of rotatable bonds is 2. The van der Waals surface area contributed by atoms with Crippen LogP contribution in [-0.2, 0) is 0 Å². The first-order valence-corrected chi connectivity index (χ1v) is 5.87. The summed E-state index contributed by atoms with van der Waals surface area (Å²) < 4.78 is 0. The average Bonchev–Trinajstić information content (AvgIpc) is 2.28. The SMILES string of the molecule is C=CC(=C)C.CC(C)(C)C=Cc1ccccc1. The molecule has 0 bridgehead atoms. The van der Waals surface area contributed by atoms with Crippen LogP contribution in [-0.4, -0.2) is 0 Å². The largest absolute Gasteiger partial charge is 0.0988 e. The first-order chi connectivity index (χ1) is 7.85. The van der Waals surface area contributed by atoms with Gasteiger partial charge in [0.1, 0.15) is 0 Å². The fourth-order valence-electron chi connectivity index (χ4n) is 0.910. The molecule has 0 atom stereocenters. The van der Waals surface area contributed by atoms with Gasteiger partial charge in [-0.25, -0.2) is 0 Å². The van der Waals surface area contributed by atoms with E-state index in [-0.39, 0.29) is 5.41 Å². The molecule has 0 N–H and O–H groups in total. The molecule has 1 aromatic carbocycles. The number of allylic oxidation sites excluding steroid dienone is 3. The Kier molecular flexibility index (Phi) is 6.97. The zero-order chi connectivity index (χ0) is 13.3. The maximum Gasteiger partial charge on any atom is -0.0200 e. The quantitative estimate of drug-likeness (QED) is 0.587. The molecule has 0 radical (unpaired) electrons. The van der Waals surface area contributed by atoms with Crippen LogP contribution in [0.5, 0.6) is 0 Å². The van der Waals surface area contributed by atoms with Crippen LogP contribution < -0.4 is 0 Å². The molecule has 0 spiro atoms. The van der Waals surface area contributed by atoms with Gasteiger partial charge in [0, 0.05) is 0 Å². The Labute approximate surface area is 106 Å². The summed E-state index contributed by atoms with van der Waals surface area (Å²) in [6.45, 7) is 15.5. The average molecular weight is 228 g/mol. The second kappa shape index (κ2) is 7.67. The summed E-state index contributed by atoms with van der Waals surface area (Å²) in [6, 6.07) is 10.4. The van der Waals surface area contributed by atoms with Crippen molar-refractivity contribution in [2.75, 3.05) is 0 Å². The molecule has 0 saturated carbocycles. The smallest absolute Gasteiger partial charge is 0.0200 e. The molecule has 0 amide bonds. The van der Waals surface area contributed by atoms with E-state index in [4.69, 9.17) is 0 Å². The Balaban J connectivity index is 0.000000437. The minimum atomic E-state index is 0.274. The minimum Gasteiger partial charge on any atom is -0.0988 e. The molecule has 0 heterocycles. The van der Waals surface area contributed by atoms with Crippen LogP contribution in [0.1, 0.15) is 33.3 Å². The predicted molar refractivity (Wildman–Crippen MR) is 79.9 cm³/mol. The van der Waals surface area contributed by atoms with Gasteiger partial charge < -0.3 is 0 Å². The third kappa shape index (κ3) is 10.7. The van der Waals surface area contributed by atoms with Gasteiger partial charge in [-0.05, 0) is 17.9 Å². The Morgan fingerprint density at radius 3 is 1.94 bits per heavy atom. The van der Waals surface area contributed by atoms with Crippen LogP contribution in [0.15, 0.2) is 61.2 Å². The Morgan fingerprint density at radius 2 is 1.59 bits per heavy atom. The van der Waals surface area contributed by atoms with Gasteiger partial charge in [0.2, 0.25) is 0 Å². The van der Waals surface area contributed by atoms with Crippen molar-refractivity contribution in [3.05, 3.63) is 66.8 Å². The highest BCUT2D eigenvalue weighted by Crippen LogP contribution is 2.16. The molecule has 17 heavy (non-hydrogen) atoms. The lowest BCUT2D eigenvalue weighted by Crippen LogP contribution is -1.97. The van der Waals surface area contributed by atoms with Crippen molar-refractivity contribution in [1.29, 1.82) is 0 Å². The molecule has 0 aliphatic heterocycles. The van der Waals surface area contributed by atoms with Crippen LogP contribution in [0.2, 0.25) is 0 Å². The predicted octanol–water partition coefficient (Wildman–Crippen LogP) is 5.49. The van der Waals surface area contributed by atoms with Crippen molar-refractivity contribution >= 4 is 6.08 Å². The van der Waals surface area contributed by atoms with Gasteiger partial charge in [-0.1, -0.05) is 88.1 Å². The summed E-state index contributed by atoms with van der Waals surface area (Å²) in [6.07, 6.45) is 6.11. The minimum absolute atomic E-state index is 0.274. The van der Waals surface area contributed by atoms with Gasteiger partial charge in [0.15, 0.2) is 0 Å². The summed E-state index contributed by atoms with van der Waals surface area (Å²) in [5.74, 6) is 0. The van der Waals surface area contributed by atoms with Crippen LogP contribution in [0, 0.1) is 5.41 Å². The van der Waals surface area contributed by atoms with Crippen LogP contribution in [0.25, 0.3) is 6.08 Å². The zero-order valence-electron chi connectivity index (χ0n) is 11.5. The molecular weight excluding hydrogens is 204 g/mol. The molecule has 1 aromatic rings. The van der Waals surface area contributed by atoms with Gasteiger partial charge in [0.05, 0.1) is 0 Å². The molecule has 0 saturated heterocycles. The number of benzene rings is 1. The summed E-state index contributed by atoms with van der Waals surface area (Å²) in [5, 5.41) is 0. The highest BCUT2D eigenvalue weighted by molar-refractivity contribution is 5.49. The van der Waals surface area contributed by atoms with E-state index < -0.39 is 0 Å². The van der Waals surface area contributed by atoms with Gasteiger partial charge >= 0.3 is 0 Å². The Bertz CT molecular complexity index is 361. The third-order valence-corrected chi connectivity index (χ3v) is 1.92. The fourth-order valence-corrected chi connectivity index (χ4v) is 0.910. The molecule has 92 valence electrons. The number of hydrogen-bond donors (Lipinski definition) is 0. The van der Waals surface area contributed by atoms with Crippen molar-refractivity contribution in [2.45, 2.75) is 27.7 Å². The first-order valence-electron chi connectivity index (χ1n) is 5.87.